The predicted molar refractivity (Wildman–Crippen MR) is 42.6 cm³/mol. The van der Waals surface area contributed by atoms with Crippen molar-refractivity contribution in [1.82, 2.24) is 0 Å². The number of rotatable bonds is 4. The zero-order valence-electron chi connectivity index (χ0n) is 7.41. The smallest absolute Gasteiger partial charge is 0.330 e. The van der Waals surface area contributed by atoms with Crippen LogP contribution in [0.5, 0.6) is 0 Å². The fourth-order valence-electron chi connectivity index (χ4n) is 0.534. The van der Waals surface area contributed by atoms with Gasteiger partial charge in [-0.25, -0.2) is 4.79 Å². The van der Waals surface area contributed by atoms with E-state index in [2.05, 4.69) is 11.3 Å². The van der Waals surface area contributed by atoms with Crippen molar-refractivity contribution in [3.63, 3.8) is 0 Å². The monoisotopic (exact) mass is 235 g/mol. The number of esters is 1. The van der Waals surface area contributed by atoms with Crippen LogP contribution in [-0.4, -0.2) is 23.1 Å². The third-order valence-electron chi connectivity index (χ3n) is 1.56. The molecule has 0 aliphatic carbocycles. The molecule has 79 valence electrons. The molecule has 1 radical (unpaired) electrons. The molecule has 5 heteroatoms. The van der Waals surface area contributed by atoms with Gasteiger partial charge in [0.25, 0.3) is 0 Å². The van der Waals surface area contributed by atoms with Gasteiger partial charge in [0.05, 0.1) is 5.92 Å². The van der Waals surface area contributed by atoms with E-state index in [0.717, 1.165) is 6.08 Å². The second-order valence-corrected chi connectivity index (χ2v) is 2.47. The Morgan fingerprint density at radius 3 is 2.23 bits per heavy atom. The number of carboxylic acids is 1. The molecule has 4 nitrogen and oxygen atoms in total. The van der Waals surface area contributed by atoms with Gasteiger partial charge in [-0.15, -0.1) is 0 Å². The van der Waals surface area contributed by atoms with Gasteiger partial charge in [-0.05, 0) is 13.8 Å². The summed E-state index contributed by atoms with van der Waals surface area (Å²) < 4.78 is 4.68. The summed E-state index contributed by atoms with van der Waals surface area (Å²) in [6, 6.07) is 0. The molecule has 0 saturated heterocycles. The fourth-order valence-corrected chi connectivity index (χ4v) is 0.534. The van der Waals surface area contributed by atoms with E-state index in [-0.39, 0.29) is 17.1 Å². The number of carbonyl (C=O) groups excluding carboxylic acids is 1. The Bertz CT molecular complexity index is 202. The summed E-state index contributed by atoms with van der Waals surface area (Å²) in [4.78, 5) is 21.0. The minimum atomic E-state index is -0.987. The quantitative estimate of drug-likeness (QED) is 0.445. The van der Waals surface area contributed by atoms with Crippen LogP contribution in [0.25, 0.3) is 0 Å². The van der Waals surface area contributed by atoms with Gasteiger partial charge in [0.15, 0.2) is 0 Å². The standard InChI is InChI=1S/C8H12O4.Cu/c1-4-7(9)12-6(3)5(2)8(10)11;/h4-6H,1H2,2-3H3,(H,10,11);. The van der Waals surface area contributed by atoms with Gasteiger partial charge in [-0.2, -0.15) is 0 Å². The van der Waals surface area contributed by atoms with Crippen LogP contribution in [0.15, 0.2) is 12.7 Å². The molecule has 0 aromatic heterocycles. The first-order chi connectivity index (χ1) is 5.49. The van der Waals surface area contributed by atoms with E-state index in [1.807, 2.05) is 0 Å². The van der Waals surface area contributed by atoms with Gasteiger partial charge in [-0.3, -0.25) is 4.79 Å². The zero-order valence-corrected chi connectivity index (χ0v) is 8.35. The van der Waals surface area contributed by atoms with Gasteiger partial charge in [0, 0.05) is 23.1 Å². The minimum Gasteiger partial charge on any atom is -0.481 e. The van der Waals surface area contributed by atoms with E-state index >= 15 is 0 Å². The number of aliphatic carboxylic acids is 1. The third kappa shape index (κ3) is 5.44. The number of hydrogen-bond acceptors (Lipinski definition) is 3. The Morgan fingerprint density at radius 1 is 1.46 bits per heavy atom. The SMILES string of the molecule is C=CC(=O)OC(C)C(C)C(=O)O.[Cu]. The predicted octanol–water partition coefficient (Wildman–Crippen LogP) is 0.822. The Labute approximate surface area is 87.4 Å². The fraction of sp³-hybridized carbons (Fsp3) is 0.500. The largest absolute Gasteiger partial charge is 0.481 e. The second kappa shape index (κ2) is 6.69. The number of hydrogen-bond donors (Lipinski definition) is 1. The average molecular weight is 236 g/mol. The summed E-state index contributed by atoms with van der Waals surface area (Å²) in [5, 5.41) is 8.52. The van der Waals surface area contributed by atoms with Crippen molar-refractivity contribution in [2.45, 2.75) is 20.0 Å². The average Bonchev–Trinajstić information content (AvgIpc) is 2.02. The molecule has 0 saturated carbocycles. The van der Waals surface area contributed by atoms with E-state index in [1.54, 1.807) is 0 Å². The van der Waals surface area contributed by atoms with E-state index in [9.17, 15) is 9.59 Å². The third-order valence-corrected chi connectivity index (χ3v) is 1.56. The van der Waals surface area contributed by atoms with Crippen LogP contribution in [0, 0.1) is 5.92 Å². The zero-order chi connectivity index (χ0) is 9.72. The van der Waals surface area contributed by atoms with Crippen LogP contribution in [-0.2, 0) is 31.4 Å². The topological polar surface area (TPSA) is 63.6 Å². The maximum atomic E-state index is 10.6. The molecule has 0 aliphatic heterocycles. The molecule has 0 amide bonds. The van der Waals surface area contributed by atoms with Gasteiger partial charge < -0.3 is 9.84 Å². The molecule has 0 aromatic rings. The van der Waals surface area contributed by atoms with Gasteiger partial charge in [0.2, 0.25) is 0 Å². The Kier molecular flexibility index (Phi) is 7.57. The van der Waals surface area contributed by atoms with Crippen LogP contribution < -0.4 is 0 Å². The van der Waals surface area contributed by atoms with Gasteiger partial charge >= 0.3 is 11.9 Å². The summed E-state index contributed by atoms with van der Waals surface area (Å²) in [6.45, 7) is 6.20. The van der Waals surface area contributed by atoms with Crippen molar-refractivity contribution in [3.05, 3.63) is 12.7 Å². The van der Waals surface area contributed by atoms with Gasteiger partial charge in [0.1, 0.15) is 6.10 Å². The maximum absolute atomic E-state index is 10.6. The van der Waals surface area contributed by atoms with Crippen LogP contribution in [0.4, 0.5) is 0 Å². The summed E-state index contributed by atoms with van der Waals surface area (Å²) in [5.74, 6) is -2.29. The minimum absolute atomic E-state index is 0. The molecule has 0 rings (SSSR count). The van der Waals surface area contributed by atoms with E-state index in [4.69, 9.17) is 5.11 Å². The molecule has 1 N–H and O–H groups in total. The molecule has 2 unspecified atom stereocenters. The van der Waals surface area contributed by atoms with E-state index in [0.29, 0.717) is 0 Å². The van der Waals surface area contributed by atoms with E-state index in [1.165, 1.54) is 13.8 Å². The summed E-state index contributed by atoms with van der Waals surface area (Å²) >= 11 is 0. The summed E-state index contributed by atoms with van der Waals surface area (Å²) in [5.41, 5.74) is 0. The Hall–Kier alpha value is -0.801. The Morgan fingerprint density at radius 2 is 1.92 bits per heavy atom. The number of ether oxygens (including phenoxy) is 1. The van der Waals surface area contributed by atoms with Crippen molar-refractivity contribution in [1.29, 1.82) is 0 Å². The molecule has 0 aromatic carbocycles. The van der Waals surface area contributed by atoms with Crippen molar-refractivity contribution in [2.24, 2.45) is 5.92 Å². The first kappa shape index (κ1) is 14.7. The first-order valence-electron chi connectivity index (χ1n) is 3.55. The molecule has 0 heterocycles. The van der Waals surface area contributed by atoms with Crippen molar-refractivity contribution >= 4 is 11.9 Å². The molecule has 0 bridgehead atoms. The molecule has 2 atom stereocenters. The van der Waals surface area contributed by atoms with Crippen molar-refractivity contribution in [2.75, 3.05) is 0 Å². The molecule has 0 aliphatic rings. The molecule has 0 spiro atoms. The van der Waals surface area contributed by atoms with Crippen LogP contribution >= 0.6 is 0 Å². The normalized spacial score (nSPS) is 13.4. The molecular weight excluding hydrogens is 224 g/mol. The van der Waals surface area contributed by atoms with Crippen LogP contribution in [0.2, 0.25) is 0 Å². The van der Waals surface area contributed by atoms with Gasteiger partial charge in [-0.1, -0.05) is 6.58 Å². The first-order valence-corrected chi connectivity index (χ1v) is 3.55. The molecule has 13 heavy (non-hydrogen) atoms. The number of carboxylic acid groups (broad SMARTS) is 1. The van der Waals surface area contributed by atoms with Crippen molar-refractivity contribution in [3.8, 4) is 0 Å². The summed E-state index contributed by atoms with van der Waals surface area (Å²) in [6.07, 6.45) is 0.374. The Balaban J connectivity index is 0. The van der Waals surface area contributed by atoms with E-state index < -0.39 is 24.0 Å². The van der Waals surface area contributed by atoms with Crippen LogP contribution in [0.1, 0.15) is 13.8 Å². The summed E-state index contributed by atoms with van der Waals surface area (Å²) in [7, 11) is 0. The van der Waals surface area contributed by atoms with Crippen LogP contribution in [0.3, 0.4) is 0 Å². The number of carbonyl (C=O) groups is 2. The molecular formula is C8H12CuO4. The maximum Gasteiger partial charge on any atom is 0.330 e. The van der Waals surface area contributed by atoms with Crippen molar-refractivity contribution < 1.29 is 36.5 Å². The molecule has 0 fully saturated rings. The second-order valence-electron chi connectivity index (χ2n) is 2.47.